The second-order valence-corrected chi connectivity index (χ2v) is 13.8. The quantitative estimate of drug-likeness (QED) is 0.367. The average Bonchev–Trinajstić information content (AvgIpc) is 2.60. The van der Waals surface area contributed by atoms with Crippen molar-refractivity contribution in [1.29, 1.82) is 0 Å². The number of rotatable bonds is 4. The van der Waals surface area contributed by atoms with Crippen molar-refractivity contribution in [3.8, 4) is 0 Å². The van der Waals surface area contributed by atoms with Crippen LogP contribution < -0.4 is 5.19 Å². The van der Waals surface area contributed by atoms with Crippen LogP contribution in [0.5, 0.6) is 0 Å². The summed E-state index contributed by atoms with van der Waals surface area (Å²) in [6, 6.07) is 7.83. The normalized spacial score (nSPS) is 18.6. The molecular formula is C22H36O3Si. The Balaban J connectivity index is 1.83. The van der Waals surface area contributed by atoms with Gasteiger partial charge in [0.1, 0.15) is 6.10 Å². The third-order valence-corrected chi connectivity index (χ3v) is 7.36. The zero-order valence-corrected chi connectivity index (χ0v) is 17.9. The largest absolute Gasteiger partial charge is 0.373 e. The van der Waals surface area contributed by atoms with Crippen LogP contribution in [-0.4, -0.2) is 20.1 Å². The summed E-state index contributed by atoms with van der Waals surface area (Å²) in [6.45, 7) is 6.90. The Morgan fingerprint density at radius 1 is 0.808 bits per heavy atom. The molecule has 0 amide bonds. The van der Waals surface area contributed by atoms with Crippen molar-refractivity contribution in [2.45, 2.75) is 96.4 Å². The van der Waals surface area contributed by atoms with Gasteiger partial charge in [-0.05, 0) is 25.0 Å². The average molecular weight is 377 g/mol. The molecule has 0 bridgehead atoms. The standard InChI is InChI=1S/C22H36O3Si/c1-26(2,3)21-17-15-19(16-18-21)22(23)25-24-20-13-11-9-7-5-4-6-8-10-12-14-20/h15-18,20H,4-14H2,1-3H3. The van der Waals surface area contributed by atoms with Crippen molar-refractivity contribution in [3.05, 3.63) is 29.8 Å². The van der Waals surface area contributed by atoms with Crippen molar-refractivity contribution in [2.24, 2.45) is 0 Å². The molecule has 0 saturated heterocycles. The molecular weight excluding hydrogens is 340 g/mol. The lowest BCUT2D eigenvalue weighted by Gasteiger charge is -2.18. The van der Waals surface area contributed by atoms with Gasteiger partial charge in [-0.25, -0.2) is 4.79 Å². The van der Waals surface area contributed by atoms with E-state index in [2.05, 4.69) is 31.8 Å². The highest BCUT2D eigenvalue weighted by Gasteiger charge is 2.18. The van der Waals surface area contributed by atoms with Gasteiger partial charge in [0.15, 0.2) is 0 Å². The molecule has 0 heterocycles. The highest BCUT2D eigenvalue weighted by molar-refractivity contribution is 6.88. The molecule has 1 fully saturated rings. The van der Waals surface area contributed by atoms with E-state index in [0.29, 0.717) is 5.56 Å². The van der Waals surface area contributed by atoms with Gasteiger partial charge in [0.25, 0.3) is 0 Å². The lowest BCUT2D eigenvalue weighted by Crippen LogP contribution is -2.37. The minimum atomic E-state index is -1.35. The predicted molar refractivity (Wildman–Crippen MR) is 110 cm³/mol. The Hall–Kier alpha value is -1.13. The van der Waals surface area contributed by atoms with Gasteiger partial charge < -0.3 is 0 Å². The van der Waals surface area contributed by atoms with E-state index in [1.54, 1.807) is 0 Å². The molecule has 4 heteroatoms. The van der Waals surface area contributed by atoms with Crippen LogP contribution in [0.25, 0.3) is 0 Å². The Morgan fingerprint density at radius 3 is 1.73 bits per heavy atom. The van der Waals surface area contributed by atoms with Crippen molar-refractivity contribution < 1.29 is 14.6 Å². The third-order valence-electron chi connectivity index (χ3n) is 5.30. The second kappa shape index (κ2) is 10.9. The molecule has 1 aliphatic carbocycles. The van der Waals surface area contributed by atoms with E-state index < -0.39 is 8.07 Å². The molecule has 0 spiro atoms. The van der Waals surface area contributed by atoms with Crippen LogP contribution in [-0.2, 0) is 9.78 Å². The van der Waals surface area contributed by atoms with Crippen LogP contribution in [0.3, 0.4) is 0 Å². The van der Waals surface area contributed by atoms with E-state index in [1.165, 1.54) is 50.1 Å². The number of benzene rings is 1. The molecule has 26 heavy (non-hydrogen) atoms. The first-order chi connectivity index (χ1) is 12.5. The van der Waals surface area contributed by atoms with E-state index in [9.17, 15) is 4.79 Å². The summed E-state index contributed by atoms with van der Waals surface area (Å²) >= 11 is 0. The molecule has 1 saturated carbocycles. The Labute approximate surface area is 160 Å². The zero-order chi connectivity index (χ0) is 18.8. The number of hydrogen-bond donors (Lipinski definition) is 0. The van der Waals surface area contributed by atoms with Gasteiger partial charge in [0.2, 0.25) is 0 Å². The highest BCUT2D eigenvalue weighted by Crippen LogP contribution is 2.19. The minimum absolute atomic E-state index is 0.0413. The molecule has 1 aromatic rings. The number of carbonyl (C=O) groups excluding carboxylic acids is 1. The van der Waals surface area contributed by atoms with Crippen LogP contribution in [0.15, 0.2) is 24.3 Å². The van der Waals surface area contributed by atoms with E-state index in [-0.39, 0.29) is 12.1 Å². The van der Waals surface area contributed by atoms with E-state index in [1.807, 2.05) is 12.1 Å². The maximum Gasteiger partial charge on any atom is 0.373 e. The molecule has 3 nitrogen and oxygen atoms in total. The summed E-state index contributed by atoms with van der Waals surface area (Å²) in [5, 5.41) is 1.34. The molecule has 0 aromatic heterocycles. The fourth-order valence-corrected chi connectivity index (χ4v) is 4.65. The summed E-state index contributed by atoms with van der Waals surface area (Å²) in [5.41, 5.74) is 0.570. The first-order valence-electron chi connectivity index (χ1n) is 10.4. The molecule has 1 aromatic carbocycles. The van der Waals surface area contributed by atoms with Gasteiger partial charge in [-0.1, -0.05) is 94.7 Å². The topological polar surface area (TPSA) is 35.5 Å². The summed E-state index contributed by atoms with van der Waals surface area (Å²) in [7, 11) is -1.35. The smallest absolute Gasteiger partial charge is 0.293 e. The van der Waals surface area contributed by atoms with E-state index in [0.717, 1.165) is 25.7 Å². The molecule has 0 atom stereocenters. The van der Waals surface area contributed by atoms with E-state index in [4.69, 9.17) is 9.78 Å². The molecule has 146 valence electrons. The monoisotopic (exact) mass is 376 g/mol. The van der Waals surface area contributed by atoms with Gasteiger partial charge in [-0.3, -0.25) is 4.89 Å². The number of carbonyl (C=O) groups is 1. The minimum Gasteiger partial charge on any atom is -0.293 e. The Morgan fingerprint density at radius 2 is 1.27 bits per heavy atom. The van der Waals surface area contributed by atoms with Crippen molar-refractivity contribution in [2.75, 3.05) is 0 Å². The summed E-state index contributed by atoms with van der Waals surface area (Å²) in [4.78, 5) is 23.0. The van der Waals surface area contributed by atoms with Crippen LogP contribution in [0.1, 0.15) is 81.0 Å². The Bertz CT molecular complexity index is 521. The van der Waals surface area contributed by atoms with Crippen molar-refractivity contribution >= 4 is 19.2 Å². The Kier molecular flexibility index (Phi) is 8.86. The highest BCUT2D eigenvalue weighted by atomic mass is 28.3. The maximum absolute atomic E-state index is 12.3. The summed E-state index contributed by atoms with van der Waals surface area (Å²) in [5.74, 6) is -0.377. The maximum atomic E-state index is 12.3. The van der Waals surface area contributed by atoms with Gasteiger partial charge in [0, 0.05) is 0 Å². The molecule has 1 aliphatic rings. The summed E-state index contributed by atoms with van der Waals surface area (Å²) < 4.78 is 0. The van der Waals surface area contributed by atoms with Crippen LogP contribution >= 0.6 is 0 Å². The van der Waals surface area contributed by atoms with Gasteiger partial charge in [-0.2, -0.15) is 4.89 Å². The van der Waals surface area contributed by atoms with E-state index >= 15 is 0 Å². The lowest BCUT2D eigenvalue weighted by molar-refractivity contribution is -0.277. The van der Waals surface area contributed by atoms with Crippen molar-refractivity contribution in [3.63, 3.8) is 0 Å². The zero-order valence-electron chi connectivity index (χ0n) is 16.9. The third kappa shape index (κ3) is 7.63. The summed E-state index contributed by atoms with van der Waals surface area (Å²) in [6.07, 6.45) is 13.6. The van der Waals surface area contributed by atoms with Gasteiger partial charge in [0.05, 0.1) is 13.6 Å². The second-order valence-electron chi connectivity index (χ2n) is 8.68. The molecule has 0 unspecified atom stereocenters. The SMILES string of the molecule is C[Si](C)(C)c1ccc(C(=O)OOC2CCCCCCCCCCC2)cc1. The van der Waals surface area contributed by atoms with Crippen LogP contribution in [0, 0.1) is 0 Å². The molecule has 2 rings (SSSR count). The first kappa shape index (κ1) is 21.2. The molecule has 0 aliphatic heterocycles. The fourth-order valence-electron chi connectivity index (χ4n) is 3.49. The molecule has 0 radical (unpaired) electrons. The van der Waals surface area contributed by atoms with Crippen LogP contribution in [0.2, 0.25) is 19.6 Å². The van der Waals surface area contributed by atoms with Crippen molar-refractivity contribution in [1.82, 2.24) is 0 Å². The lowest BCUT2D eigenvalue weighted by atomic mass is 9.99. The van der Waals surface area contributed by atoms with Gasteiger partial charge >= 0.3 is 5.97 Å². The number of hydrogen-bond acceptors (Lipinski definition) is 3. The predicted octanol–water partition coefficient (Wildman–Crippen LogP) is 5.99. The fraction of sp³-hybridized carbons (Fsp3) is 0.682. The van der Waals surface area contributed by atoms with Gasteiger partial charge in [-0.15, -0.1) is 0 Å². The first-order valence-corrected chi connectivity index (χ1v) is 13.9. The van der Waals surface area contributed by atoms with Crippen LogP contribution in [0.4, 0.5) is 0 Å². The molecule has 0 N–H and O–H groups in total.